The Bertz CT molecular complexity index is 461. The van der Waals surface area contributed by atoms with Crippen molar-refractivity contribution in [3.63, 3.8) is 0 Å². The van der Waals surface area contributed by atoms with Crippen LogP contribution in [0, 0.1) is 11.8 Å². The SMILES string of the molecule is CC1CCCC1CNc1nc(Cl)nc(N2CCCC2)n1. The second kappa shape index (κ2) is 6.12. The highest BCUT2D eigenvalue weighted by Gasteiger charge is 2.23. The van der Waals surface area contributed by atoms with Gasteiger partial charge in [0, 0.05) is 19.6 Å². The molecule has 1 aromatic heterocycles. The molecule has 110 valence electrons. The van der Waals surface area contributed by atoms with Crippen molar-refractivity contribution < 1.29 is 0 Å². The minimum Gasteiger partial charge on any atom is -0.354 e. The highest BCUT2D eigenvalue weighted by atomic mass is 35.5. The largest absolute Gasteiger partial charge is 0.354 e. The molecule has 2 atom stereocenters. The van der Waals surface area contributed by atoms with Crippen molar-refractivity contribution in [3.8, 4) is 0 Å². The summed E-state index contributed by atoms with van der Waals surface area (Å²) in [6, 6.07) is 0. The molecule has 1 aliphatic heterocycles. The van der Waals surface area contributed by atoms with Crippen molar-refractivity contribution in [2.24, 2.45) is 11.8 Å². The smallest absolute Gasteiger partial charge is 0.231 e. The van der Waals surface area contributed by atoms with Crippen LogP contribution < -0.4 is 10.2 Å². The minimum absolute atomic E-state index is 0.281. The Morgan fingerprint density at radius 3 is 2.65 bits per heavy atom. The first-order valence-electron chi connectivity index (χ1n) is 7.63. The van der Waals surface area contributed by atoms with Gasteiger partial charge in [-0.05, 0) is 42.7 Å². The van der Waals surface area contributed by atoms with Gasteiger partial charge in [0.05, 0.1) is 0 Å². The first-order chi connectivity index (χ1) is 9.72. The van der Waals surface area contributed by atoms with Crippen molar-refractivity contribution in [2.75, 3.05) is 29.9 Å². The molecule has 5 nitrogen and oxygen atoms in total. The molecule has 0 radical (unpaired) electrons. The van der Waals surface area contributed by atoms with Crippen LogP contribution in [0.5, 0.6) is 0 Å². The standard InChI is InChI=1S/C14H22ClN5/c1-10-5-4-6-11(10)9-16-13-17-12(15)18-14(19-13)20-7-2-3-8-20/h10-11H,2-9H2,1H3,(H,16,17,18,19). The molecule has 1 aromatic rings. The summed E-state index contributed by atoms with van der Waals surface area (Å²) in [6.45, 7) is 5.29. The van der Waals surface area contributed by atoms with Crippen molar-refractivity contribution in [2.45, 2.75) is 39.0 Å². The van der Waals surface area contributed by atoms with E-state index in [1.807, 2.05) is 0 Å². The zero-order valence-electron chi connectivity index (χ0n) is 12.0. The van der Waals surface area contributed by atoms with Gasteiger partial charge in [-0.15, -0.1) is 0 Å². The van der Waals surface area contributed by atoms with Crippen molar-refractivity contribution in [3.05, 3.63) is 5.28 Å². The number of nitrogens with one attached hydrogen (secondary N) is 1. The number of halogens is 1. The van der Waals surface area contributed by atoms with Crippen LogP contribution in [0.3, 0.4) is 0 Å². The van der Waals surface area contributed by atoms with E-state index in [4.69, 9.17) is 11.6 Å². The highest BCUT2D eigenvalue weighted by Crippen LogP contribution is 2.31. The van der Waals surface area contributed by atoms with Crippen LogP contribution in [0.15, 0.2) is 0 Å². The summed E-state index contributed by atoms with van der Waals surface area (Å²) in [5.74, 6) is 2.84. The Morgan fingerprint density at radius 2 is 1.95 bits per heavy atom. The Balaban J connectivity index is 1.66. The van der Waals surface area contributed by atoms with E-state index in [-0.39, 0.29) is 5.28 Å². The molecule has 2 aliphatic rings. The van der Waals surface area contributed by atoms with Crippen LogP contribution >= 0.6 is 11.6 Å². The molecule has 6 heteroatoms. The third kappa shape index (κ3) is 3.14. The van der Waals surface area contributed by atoms with Crippen LogP contribution in [-0.4, -0.2) is 34.6 Å². The van der Waals surface area contributed by atoms with Crippen molar-refractivity contribution in [1.29, 1.82) is 0 Å². The first kappa shape index (κ1) is 13.9. The van der Waals surface area contributed by atoms with Gasteiger partial charge in [0.1, 0.15) is 0 Å². The molecule has 20 heavy (non-hydrogen) atoms. The second-order valence-electron chi connectivity index (χ2n) is 5.97. The number of rotatable bonds is 4. The topological polar surface area (TPSA) is 53.9 Å². The summed E-state index contributed by atoms with van der Waals surface area (Å²) < 4.78 is 0. The molecule has 0 amide bonds. The van der Waals surface area contributed by atoms with Gasteiger partial charge in [-0.25, -0.2) is 0 Å². The Hall–Kier alpha value is -1.10. The van der Waals surface area contributed by atoms with E-state index in [1.165, 1.54) is 32.1 Å². The average Bonchev–Trinajstić information content (AvgIpc) is 3.07. The van der Waals surface area contributed by atoms with E-state index in [2.05, 4.69) is 32.1 Å². The average molecular weight is 296 g/mol. The fourth-order valence-corrected chi connectivity index (χ4v) is 3.38. The highest BCUT2D eigenvalue weighted by molar-refractivity contribution is 6.28. The Labute approximate surface area is 125 Å². The molecule has 0 bridgehead atoms. The third-order valence-electron chi connectivity index (χ3n) is 4.55. The first-order valence-corrected chi connectivity index (χ1v) is 8.00. The van der Waals surface area contributed by atoms with Gasteiger partial charge in [0.2, 0.25) is 17.2 Å². The van der Waals surface area contributed by atoms with Crippen LogP contribution in [-0.2, 0) is 0 Å². The van der Waals surface area contributed by atoms with Gasteiger partial charge >= 0.3 is 0 Å². The van der Waals surface area contributed by atoms with Crippen molar-refractivity contribution in [1.82, 2.24) is 15.0 Å². The summed E-state index contributed by atoms with van der Waals surface area (Å²) in [6.07, 6.45) is 6.37. The number of hydrogen-bond donors (Lipinski definition) is 1. The molecule has 2 heterocycles. The molecular weight excluding hydrogens is 274 g/mol. The number of nitrogens with zero attached hydrogens (tertiary/aromatic N) is 4. The fraction of sp³-hybridized carbons (Fsp3) is 0.786. The zero-order valence-corrected chi connectivity index (χ0v) is 12.7. The maximum atomic E-state index is 6.02. The molecule has 2 fully saturated rings. The maximum absolute atomic E-state index is 6.02. The van der Waals surface area contributed by atoms with Gasteiger partial charge < -0.3 is 10.2 Å². The van der Waals surface area contributed by atoms with Gasteiger partial charge in [-0.2, -0.15) is 15.0 Å². The molecule has 1 saturated carbocycles. The summed E-state index contributed by atoms with van der Waals surface area (Å²) >= 11 is 6.02. The summed E-state index contributed by atoms with van der Waals surface area (Å²) in [7, 11) is 0. The van der Waals surface area contributed by atoms with E-state index < -0.39 is 0 Å². The number of hydrogen-bond acceptors (Lipinski definition) is 5. The third-order valence-corrected chi connectivity index (χ3v) is 4.72. The Morgan fingerprint density at radius 1 is 1.15 bits per heavy atom. The molecule has 1 aliphatic carbocycles. The molecule has 2 unspecified atom stereocenters. The molecular formula is C14H22ClN5. The van der Waals surface area contributed by atoms with E-state index in [9.17, 15) is 0 Å². The quantitative estimate of drug-likeness (QED) is 0.925. The molecule has 0 spiro atoms. The summed E-state index contributed by atoms with van der Waals surface area (Å²) in [5.41, 5.74) is 0. The van der Waals surface area contributed by atoms with E-state index in [1.54, 1.807) is 0 Å². The molecule has 0 aromatic carbocycles. The van der Waals surface area contributed by atoms with Crippen LogP contribution in [0.2, 0.25) is 5.28 Å². The summed E-state index contributed by atoms with van der Waals surface area (Å²) in [4.78, 5) is 15.1. The number of anilines is 2. The lowest BCUT2D eigenvalue weighted by Crippen LogP contribution is -2.23. The lowest BCUT2D eigenvalue weighted by Gasteiger charge is -2.18. The van der Waals surface area contributed by atoms with Gasteiger partial charge in [-0.3, -0.25) is 0 Å². The minimum atomic E-state index is 0.281. The Kier molecular flexibility index (Phi) is 4.24. The maximum Gasteiger partial charge on any atom is 0.231 e. The summed E-state index contributed by atoms with van der Waals surface area (Å²) in [5, 5.41) is 3.63. The number of aromatic nitrogens is 3. The lowest BCUT2D eigenvalue weighted by atomic mass is 9.98. The predicted octanol–water partition coefficient (Wildman–Crippen LogP) is 2.97. The van der Waals surface area contributed by atoms with E-state index >= 15 is 0 Å². The van der Waals surface area contributed by atoms with Crippen LogP contribution in [0.1, 0.15) is 39.0 Å². The van der Waals surface area contributed by atoms with Crippen LogP contribution in [0.4, 0.5) is 11.9 Å². The van der Waals surface area contributed by atoms with Gasteiger partial charge in [-0.1, -0.05) is 19.8 Å². The van der Waals surface area contributed by atoms with E-state index in [0.29, 0.717) is 11.9 Å². The molecule has 1 saturated heterocycles. The molecule has 3 rings (SSSR count). The van der Waals surface area contributed by atoms with Crippen molar-refractivity contribution >= 4 is 23.5 Å². The lowest BCUT2D eigenvalue weighted by molar-refractivity contribution is 0.439. The monoisotopic (exact) mass is 295 g/mol. The van der Waals surface area contributed by atoms with E-state index in [0.717, 1.165) is 31.5 Å². The second-order valence-corrected chi connectivity index (χ2v) is 6.31. The fourth-order valence-electron chi connectivity index (χ4n) is 3.23. The predicted molar refractivity (Wildman–Crippen MR) is 81.3 cm³/mol. The van der Waals surface area contributed by atoms with Crippen LogP contribution in [0.25, 0.3) is 0 Å². The zero-order chi connectivity index (χ0) is 13.9. The molecule has 1 N–H and O–H groups in total. The van der Waals surface area contributed by atoms with Gasteiger partial charge in [0.15, 0.2) is 0 Å². The van der Waals surface area contributed by atoms with Gasteiger partial charge in [0.25, 0.3) is 0 Å². The normalized spacial score (nSPS) is 26.2.